The van der Waals surface area contributed by atoms with Crippen molar-refractivity contribution in [2.45, 2.75) is 101 Å². The van der Waals surface area contributed by atoms with E-state index in [4.69, 9.17) is 42.6 Å². The minimum absolute atomic E-state index is 0.0537. The first-order chi connectivity index (χ1) is 26.2. The van der Waals surface area contributed by atoms with Gasteiger partial charge in [-0.3, -0.25) is 24.1 Å². The van der Waals surface area contributed by atoms with Crippen molar-refractivity contribution in [3.63, 3.8) is 0 Å². The highest BCUT2D eigenvalue weighted by Gasteiger charge is 2.93. The number of ether oxygens (including phenoxy) is 9. The molecule has 1 aromatic rings. The maximum absolute atomic E-state index is 14.2. The van der Waals surface area contributed by atoms with Crippen molar-refractivity contribution >= 4 is 29.8 Å². The molecule has 3 unspecified atom stereocenters. The number of hydrogen-bond donors (Lipinski definition) is 0. The summed E-state index contributed by atoms with van der Waals surface area (Å²) in [7, 11) is 6.23. The van der Waals surface area contributed by atoms with Crippen molar-refractivity contribution in [1.29, 1.82) is 0 Å². The summed E-state index contributed by atoms with van der Waals surface area (Å²) in [4.78, 5) is 69.8. The van der Waals surface area contributed by atoms with Gasteiger partial charge >= 0.3 is 29.8 Å². The normalized spacial score (nSPS) is 43.3. The van der Waals surface area contributed by atoms with E-state index in [2.05, 4.69) is 4.90 Å². The molecule has 0 aromatic heterocycles. The number of rotatable bonds is 12. The Labute approximate surface area is 320 Å². The van der Waals surface area contributed by atoms with Crippen molar-refractivity contribution in [2.24, 2.45) is 34.5 Å². The second-order valence-electron chi connectivity index (χ2n) is 16.1. The molecule has 1 spiro atoms. The first-order valence-corrected chi connectivity index (χ1v) is 19.0. The molecular formula is C40H53NO14. The minimum Gasteiger partial charge on any atom is -0.462 e. The van der Waals surface area contributed by atoms with Crippen LogP contribution in [-0.4, -0.2) is 137 Å². The first-order valence-electron chi connectivity index (χ1n) is 19.0. The summed E-state index contributed by atoms with van der Waals surface area (Å²) in [5.41, 5.74) is -5.03. The van der Waals surface area contributed by atoms with Gasteiger partial charge in [0, 0.05) is 104 Å². The van der Waals surface area contributed by atoms with Crippen LogP contribution in [0.25, 0.3) is 0 Å². The summed E-state index contributed by atoms with van der Waals surface area (Å²) >= 11 is 0. The van der Waals surface area contributed by atoms with Crippen molar-refractivity contribution in [2.75, 3.05) is 48.1 Å². The number of likely N-dealkylation sites (tertiary alicyclic amines) is 1. The van der Waals surface area contributed by atoms with Crippen LogP contribution in [0.5, 0.6) is 0 Å². The second-order valence-corrected chi connectivity index (χ2v) is 16.1. The van der Waals surface area contributed by atoms with Gasteiger partial charge in [-0.05, 0) is 31.0 Å². The van der Waals surface area contributed by atoms with Crippen molar-refractivity contribution in [3.8, 4) is 0 Å². The molecule has 6 fully saturated rings. The fourth-order valence-corrected chi connectivity index (χ4v) is 13.4. The molecule has 1 saturated heterocycles. The van der Waals surface area contributed by atoms with Crippen molar-refractivity contribution < 1.29 is 66.6 Å². The van der Waals surface area contributed by atoms with E-state index in [1.54, 1.807) is 51.7 Å². The Kier molecular flexibility index (Phi) is 10.1. The molecule has 1 aliphatic heterocycles. The van der Waals surface area contributed by atoms with Gasteiger partial charge < -0.3 is 42.6 Å². The van der Waals surface area contributed by atoms with Crippen LogP contribution in [0, 0.1) is 34.5 Å². The molecule has 7 rings (SSSR count). The maximum Gasteiger partial charge on any atom is 0.338 e. The van der Waals surface area contributed by atoms with E-state index >= 15 is 0 Å². The lowest BCUT2D eigenvalue weighted by Crippen LogP contribution is -2.82. The Balaban J connectivity index is 1.60. The predicted octanol–water partition coefficient (Wildman–Crippen LogP) is 2.36. The number of carbonyl (C=O) groups is 5. The summed E-state index contributed by atoms with van der Waals surface area (Å²) in [5, 5.41) is 0. The van der Waals surface area contributed by atoms with E-state index in [0.717, 1.165) is 0 Å². The standard InChI is InChI=1S/C40H53NO14/c1-10-41-18-37(19-47-6)26(51-20(2)42)16-27(48-7)39-25-17-38(54-22(4)44)33(53-36(46)24-14-12-11-13-15-24)28(25)40(55-23(5)45,35(34(38)50-9)52-21(3)43)29(32(39)41)30(49-8)31(37)39/h11-15,25-35H,10,16-19H2,1-9H3/t25-,26+,27-,28+,29?,30-,31+,32?,33+,34-,35-,37-,38-,39?,40+/m0/s1. The van der Waals surface area contributed by atoms with Gasteiger partial charge in [-0.15, -0.1) is 0 Å². The summed E-state index contributed by atoms with van der Waals surface area (Å²) in [6, 6.07) is 7.98. The summed E-state index contributed by atoms with van der Waals surface area (Å²) in [6.45, 7) is 8.33. The van der Waals surface area contributed by atoms with Crippen molar-refractivity contribution in [1.82, 2.24) is 4.90 Å². The molecule has 15 atom stereocenters. The lowest BCUT2D eigenvalue weighted by Gasteiger charge is -2.70. The zero-order valence-corrected chi connectivity index (χ0v) is 32.9. The molecule has 302 valence electrons. The van der Waals surface area contributed by atoms with E-state index in [-0.39, 0.29) is 18.6 Å². The Bertz CT molecular complexity index is 1710. The van der Waals surface area contributed by atoms with Crippen LogP contribution in [0.2, 0.25) is 0 Å². The number of fused-ring (bicyclic) bond motifs is 2. The SMILES string of the molecule is CCN1C[C@]2(COC)[C@H](OC(C)=O)C[C@H](OC)C34C1C([C@H](OC)[C@@H]32)[C@]1(OC(C)=O)[C@H]2[C@@H](OC(=O)c3ccccc3)[C@@](OC(C)=O)(C[C@@H]24)[C@@H](OC)[C@@H]1OC(C)=O. The van der Waals surface area contributed by atoms with E-state index in [1.807, 2.05) is 6.92 Å². The third-order valence-corrected chi connectivity index (χ3v) is 14.0. The smallest absolute Gasteiger partial charge is 0.338 e. The van der Waals surface area contributed by atoms with Gasteiger partial charge in [0.2, 0.25) is 0 Å². The van der Waals surface area contributed by atoms with Gasteiger partial charge in [0.25, 0.3) is 0 Å². The largest absolute Gasteiger partial charge is 0.462 e. The molecule has 6 aliphatic rings. The van der Waals surface area contributed by atoms with Crippen LogP contribution < -0.4 is 0 Å². The van der Waals surface area contributed by atoms with E-state index in [9.17, 15) is 24.0 Å². The zero-order chi connectivity index (χ0) is 39.8. The molecular weight excluding hydrogens is 718 g/mol. The van der Waals surface area contributed by atoms with Crippen LogP contribution in [0.3, 0.4) is 0 Å². The van der Waals surface area contributed by atoms with Gasteiger partial charge in [-0.2, -0.15) is 0 Å². The fourth-order valence-electron chi connectivity index (χ4n) is 13.4. The second kappa shape index (κ2) is 14.1. The Hall–Kier alpha value is -3.63. The number of piperidine rings is 1. The Morgan fingerprint density at radius 2 is 1.42 bits per heavy atom. The number of nitrogens with zero attached hydrogens (tertiary/aromatic N) is 1. The highest BCUT2D eigenvalue weighted by Crippen LogP contribution is 2.81. The number of benzene rings is 1. The average Bonchev–Trinajstić information content (AvgIpc) is 3.51. The minimum atomic E-state index is -1.77. The number of methoxy groups -OCH3 is 4. The molecule has 0 amide bonds. The lowest BCUT2D eigenvalue weighted by atomic mass is 9.42. The lowest BCUT2D eigenvalue weighted by molar-refractivity contribution is -0.325. The van der Waals surface area contributed by atoms with Crippen LogP contribution in [0.1, 0.15) is 57.8 Å². The third kappa shape index (κ3) is 5.21. The summed E-state index contributed by atoms with van der Waals surface area (Å²) in [5.74, 6) is -5.98. The first kappa shape index (κ1) is 39.6. The molecule has 0 radical (unpaired) electrons. The Morgan fingerprint density at radius 1 is 0.745 bits per heavy atom. The summed E-state index contributed by atoms with van der Waals surface area (Å²) in [6.07, 6.45) is -5.56. The van der Waals surface area contributed by atoms with Gasteiger partial charge in [-0.1, -0.05) is 25.1 Å². The van der Waals surface area contributed by atoms with Gasteiger partial charge in [0.1, 0.15) is 12.2 Å². The summed E-state index contributed by atoms with van der Waals surface area (Å²) < 4.78 is 57.9. The molecule has 1 heterocycles. The predicted molar refractivity (Wildman–Crippen MR) is 189 cm³/mol. The quantitative estimate of drug-likeness (QED) is 0.224. The number of hydrogen-bond acceptors (Lipinski definition) is 15. The number of esters is 5. The van der Waals surface area contributed by atoms with E-state index in [0.29, 0.717) is 19.5 Å². The molecule has 5 aliphatic carbocycles. The van der Waals surface area contributed by atoms with Crippen LogP contribution in [-0.2, 0) is 61.8 Å². The van der Waals surface area contributed by atoms with E-state index in [1.165, 1.54) is 34.8 Å². The topological polar surface area (TPSA) is 172 Å². The third-order valence-electron chi connectivity index (χ3n) is 14.0. The van der Waals surface area contributed by atoms with E-state index < -0.39 is 118 Å². The highest BCUT2D eigenvalue weighted by atomic mass is 16.7. The number of carbonyl (C=O) groups excluding carboxylic acids is 5. The van der Waals surface area contributed by atoms with Crippen LogP contribution >= 0.6 is 0 Å². The maximum atomic E-state index is 14.2. The van der Waals surface area contributed by atoms with Crippen LogP contribution in [0.15, 0.2) is 30.3 Å². The zero-order valence-electron chi connectivity index (χ0n) is 32.9. The Morgan fingerprint density at radius 3 is 1.96 bits per heavy atom. The molecule has 1 aromatic carbocycles. The molecule has 0 N–H and O–H groups in total. The molecule has 7 bridgehead atoms. The monoisotopic (exact) mass is 771 g/mol. The molecule has 5 saturated carbocycles. The molecule has 15 nitrogen and oxygen atoms in total. The van der Waals surface area contributed by atoms with Gasteiger partial charge in [0.15, 0.2) is 23.4 Å². The molecule has 55 heavy (non-hydrogen) atoms. The average molecular weight is 772 g/mol. The molecule has 15 heteroatoms. The fraction of sp³-hybridized carbons (Fsp3) is 0.725. The van der Waals surface area contributed by atoms with Crippen LogP contribution in [0.4, 0.5) is 0 Å². The van der Waals surface area contributed by atoms with Gasteiger partial charge in [0.05, 0.1) is 24.4 Å². The highest BCUT2D eigenvalue weighted by molar-refractivity contribution is 5.89. The van der Waals surface area contributed by atoms with Gasteiger partial charge in [-0.25, -0.2) is 4.79 Å². The van der Waals surface area contributed by atoms with Crippen molar-refractivity contribution in [3.05, 3.63) is 35.9 Å².